The van der Waals surface area contributed by atoms with E-state index in [0.29, 0.717) is 29.5 Å². The molecule has 8 nitrogen and oxygen atoms in total. The number of imidazole rings is 1. The topological polar surface area (TPSA) is 89.9 Å². The van der Waals surface area contributed by atoms with Crippen molar-refractivity contribution in [2.45, 2.75) is 25.2 Å². The molecule has 3 aromatic rings. The van der Waals surface area contributed by atoms with Crippen molar-refractivity contribution in [1.82, 2.24) is 19.8 Å². The molecule has 0 radical (unpaired) electrons. The fourth-order valence-electron chi connectivity index (χ4n) is 4.56. The molecule has 2 unspecified atom stereocenters. The number of methoxy groups -OCH3 is 1. The number of nitrogens with two attached hydrogens (primary N) is 1. The van der Waals surface area contributed by atoms with Crippen LogP contribution in [-0.4, -0.2) is 47.6 Å². The summed E-state index contributed by atoms with van der Waals surface area (Å²) in [6.07, 6.45) is 3.57. The maximum atomic E-state index is 13.6. The van der Waals surface area contributed by atoms with Crippen molar-refractivity contribution < 1.29 is 13.9 Å². The molecule has 2 aliphatic rings. The second-order valence-corrected chi connectivity index (χ2v) is 9.16. The number of rotatable bonds is 5. The van der Waals surface area contributed by atoms with Gasteiger partial charge >= 0.3 is 0 Å². The second kappa shape index (κ2) is 9.57. The Morgan fingerprint density at radius 2 is 2.08 bits per heavy atom. The van der Waals surface area contributed by atoms with Crippen LogP contribution in [0.25, 0.3) is 5.69 Å². The van der Waals surface area contributed by atoms with Crippen molar-refractivity contribution in [2.24, 2.45) is 10.7 Å². The van der Waals surface area contributed by atoms with Gasteiger partial charge in [0, 0.05) is 37.3 Å². The zero-order valence-electron chi connectivity index (χ0n) is 20.3. The first-order valence-electron chi connectivity index (χ1n) is 11.7. The van der Waals surface area contributed by atoms with Gasteiger partial charge in [0.05, 0.1) is 25.1 Å². The summed E-state index contributed by atoms with van der Waals surface area (Å²) in [6.45, 7) is 3.33. The summed E-state index contributed by atoms with van der Waals surface area (Å²) in [6, 6.07) is 12.0. The van der Waals surface area contributed by atoms with E-state index >= 15 is 0 Å². The number of aliphatic imine (C=N–C) groups is 1. The Bertz CT molecular complexity index is 1340. The molecular formula is C26H28ClFN6O2. The highest BCUT2D eigenvalue weighted by Gasteiger charge is 2.40. The lowest BCUT2D eigenvalue weighted by molar-refractivity contribution is 0.0565. The van der Waals surface area contributed by atoms with E-state index in [9.17, 15) is 4.39 Å². The van der Waals surface area contributed by atoms with Crippen LogP contribution in [0, 0.1) is 5.82 Å². The number of likely N-dealkylation sites (N-methyl/N-ethyl adjacent to an activating group) is 1. The Labute approximate surface area is 214 Å². The average molecular weight is 511 g/mol. The van der Waals surface area contributed by atoms with Gasteiger partial charge in [0.25, 0.3) is 0 Å². The van der Waals surface area contributed by atoms with Gasteiger partial charge in [0.15, 0.2) is 0 Å². The molecule has 0 aliphatic carbocycles. The van der Waals surface area contributed by atoms with Crippen LogP contribution in [0.1, 0.15) is 30.6 Å². The molecule has 2 atom stereocenters. The summed E-state index contributed by atoms with van der Waals surface area (Å²) in [4.78, 5) is 11.2. The first kappa shape index (κ1) is 24.3. The third-order valence-corrected chi connectivity index (χ3v) is 6.75. The normalized spacial score (nSPS) is 21.5. The first-order valence-corrected chi connectivity index (χ1v) is 12.1. The highest BCUT2D eigenvalue weighted by atomic mass is 35.5. The molecule has 3 heterocycles. The van der Waals surface area contributed by atoms with E-state index in [4.69, 9.17) is 31.8 Å². The van der Waals surface area contributed by atoms with Crippen molar-refractivity contribution in [3.63, 3.8) is 0 Å². The second-order valence-electron chi connectivity index (χ2n) is 8.78. The monoisotopic (exact) mass is 510 g/mol. The predicted octanol–water partition coefficient (Wildman–Crippen LogP) is 4.11. The van der Waals surface area contributed by atoms with Gasteiger partial charge in [-0.2, -0.15) is 0 Å². The summed E-state index contributed by atoms with van der Waals surface area (Å²) < 4.78 is 27.3. The molecule has 0 bridgehead atoms. The van der Waals surface area contributed by atoms with Gasteiger partial charge in [0.1, 0.15) is 35.0 Å². The van der Waals surface area contributed by atoms with E-state index in [2.05, 4.69) is 22.1 Å². The summed E-state index contributed by atoms with van der Waals surface area (Å²) in [5.41, 5.74) is 11.1. The predicted molar refractivity (Wildman–Crippen MR) is 137 cm³/mol. The van der Waals surface area contributed by atoms with Gasteiger partial charge in [-0.3, -0.25) is 5.73 Å². The molecular weight excluding hydrogens is 483 g/mol. The fraction of sp³-hybridized carbons (Fsp3) is 0.308. The molecule has 0 saturated carbocycles. The molecule has 0 spiro atoms. The van der Waals surface area contributed by atoms with Crippen molar-refractivity contribution in [1.29, 1.82) is 0 Å². The highest BCUT2D eigenvalue weighted by Crippen LogP contribution is 2.39. The van der Waals surface area contributed by atoms with E-state index in [0.717, 1.165) is 34.9 Å². The third kappa shape index (κ3) is 4.34. The molecule has 0 amide bonds. The molecule has 36 heavy (non-hydrogen) atoms. The molecule has 0 fully saturated rings. The van der Waals surface area contributed by atoms with Crippen molar-refractivity contribution in [3.8, 4) is 11.4 Å². The van der Waals surface area contributed by atoms with Crippen LogP contribution in [0.4, 0.5) is 4.39 Å². The standard InChI is InChI=1S/C26H28ClFN6O2/c1-4-33(2)25-19-11-12-36-24(16-5-8-18(28)9-6-16)23(19)31-26(29,32-25)17-7-10-20(21(13-17)35-3)34-14-22(27)30-15-34/h5-10,13-15,24,31H,4,11-12,29H2,1-3H3. The summed E-state index contributed by atoms with van der Waals surface area (Å²) in [7, 11) is 3.59. The van der Waals surface area contributed by atoms with E-state index in [1.54, 1.807) is 36.3 Å². The lowest BCUT2D eigenvalue weighted by atomic mass is 9.93. The lowest BCUT2D eigenvalue weighted by Crippen LogP contribution is -2.55. The Morgan fingerprint density at radius 1 is 1.31 bits per heavy atom. The number of hydrogen-bond acceptors (Lipinski definition) is 7. The molecule has 3 N–H and O–H groups in total. The maximum absolute atomic E-state index is 13.6. The highest BCUT2D eigenvalue weighted by molar-refractivity contribution is 6.29. The quantitative estimate of drug-likeness (QED) is 0.537. The van der Waals surface area contributed by atoms with Gasteiger partial charge in [-0.15, -0.1) is 0 Å². The molecule has 0 saturated heterocycles. The number of benzene rings is 2. The molecule has 2 aliphatic heterocycles. The molecule has 10 heteroatoms. The number of amidine groups is 1. The van der Waals surface area contributed by atoms with Gasteiger partial charge < -0.3 is 24.3 Å². The van der Waals surface area contributed by atoms with Crippen LogP contribution in [0.5, 0.6) is 5.75 Å². The summed E-state index contributed by atoms with van der Waals surface area (Å²) in [5, 5.41) is 3.84. The summed E-state index contributed by atoms with van der Waals surface area (Å²) >= 11 is 6.02. The van der Waals surface area contributed by atoms with Crippen LogP contribution in [0.15, 0.2) is 71.3 Å². The number of aromatic nitrogens is 2. The van der Waals surface area contributed by atoms with Gasteiger partial charge in [-0.05, 0) is 36.8 Å². The number of ether oxygens (including phenoxy) is 2. The van der Waals surface area contributed by atoms with E-state index in [1.807, 2.05) is 25.2 Å². The number of nitrogens with zero attached hydrogens (tertiary/aromatic N) is 4. The van der Waals surface area contributed by atoms with E-state index in [1.165, 1.54) is 12.1 Å². The summed E-state index contributed by atoms with van der Waals surface area (Å²) in [5.74, 6) is -0.209. The minimum Gasteiger partial charge on any atom is -0.495 e. The number of nitrogens with one attached hydrogen (secondary N) is 1. The van der Waals surface area contributed by atoms with Crippen LogP contribution in [-0.2, 0) is 10.5 Å². The van der Waals surface area contributed by atoms with Gasteiger partial charge in [0.2, 0.25) is 5.79 Å². The molecule has 188 valence electrons. The number of hydrogen-bond donors (Lipinski definition) is 2. The Morgan fingerprint density at radius 3 is 2.75 bits per heavy atom. The lowest BCUT2D eigenvalue weighted by Gasteiger charge is -2.42. The molecule has 5 rings (SSSR count). The van der Waals surface area contributed by atoms with E-state index < -0.39 is 11.9 Å². The Balaban J connectivity index is 1.60. The first-order chi connectivity index (χ1) is 17.3. The zero-order chi connectivity index (χ0) is 25.4. The van der Waals surface area contributed by atoms with E-state index in [-0.39, 0.29) is 5.82 Å². The van der Waals surface area contributed by atoms with Crippen molar-refractivity contribution in [2.75, 3.05) is 27.3 Å². The molecule has 2 aromatic carbocycles. The zero-order valence-corrected chi connectivity index (χ0v) is 21.1. The van der Waals surface area contributed by atoms with Crippen LogP contribution >= 0.6 is 11.6 Å². The van der Waals surface area contributed by atoms with Gasteiger partial charge in [-0.1, -0.05) is 29.8 Å². The Kier molecular flexibility index (Phi) is 6.46. The van der Waals surface area contributed by atoms with Crippen molar-refractivity contribution >= 4 is 17.4 Å². The van der Waals surface area contributed by atoms with Gasteiger partial charge in [-0.25, -0.2) is 14.4 Å². The van der Waals surface area contributed by atoms with Crippen molar-refractivity contribution in [3.05, 3.63) is 88.4 Å². The Hall–Kier alpha value is -3.40. The van der Waals surface area contributed by atoms with Crippen LogP contribution in [0.2, 0.25) is 5.15 Å². The average Bonchev–Trinajstić information content (AvgIpc) is 3.33. The smallest absolute Gasteiger partial charge is 0.211 e. The largest absolute Gasteiger partial charge is 0.495 e. The number of halogens is 2. The third-order valence-electron chi connectivity index (χ3n) is 6.56. The fourth-order valence-corrected chi connectivity index (χ4v) is 4.71. The maximum Gasteiger partial charge on any atom is 0.211 e. The van der Waals surface area contributed by atoms with Crippen LogP contribution < -0.4 is 15.8 Å². The molecule has 1 aromatic heterocycles. The SMILES string of the molecule is CCN(C)C1=NC(N)(c2ccc(-n3cnc(Cl)c3)c(OC)c2)NC2=C1CCOC2c1ccc(F)cc1. The minimum absolute atomic E-state index is 0.298. The minimum atomic E-state index is -1.30. The van der Waals surface area contributed by atoms with Crippen LogP contribution in [0.3, 0.4) is 0 Å².